The molecule has 0 fully saturated rings. The molecule has 3 amide bonds. The van der Waals surface area contributed by atoms with Crippen molar-refractivity contribution in [3.8, 4) is 0 Å². The quantitative estimate of drug-likeness (QED) is 0.518. The summed E-state index contributed by atoms with van der Waals surface area (Å²) < 4.78 is 0. The Balaban J connectivity index is 1.66. The van der Waals surface area contributed by atoms with Gasteiger partial charge in [-0.1, -0.05) is 30.0 Å². The van der Waals surface area contributed by atoms with Crippen molar-refractivity contribution in [2.24, 2.45) is 5.73 Å². The minimum Gasteiger partial charge on any atom is -0.370 e. The van der Waals surface area contributed by atoms with E-state index in [9.17, 15) is 14.4 Å². The fourth-order valence-electron chi connectivity index (χ4n) is 2.58. The number of anilines is 1. The molecular formula is C22H20N4O3S. The van der Waals surface area contributed by atoms with Crippen LogP contribution < -0.4 is 16.4 Å². The van der Waals surface area contributed by atoms with Crippen LogP contribution >= 0.6 is 11.8 Å². The highest BCUT2D eigenvalue weighted by atomic mass is 32.2. The highest BCUT2D eigenvalue weighted by molar-refractivity contribution is 7.99. The molecule has 0 saturated carbocycles. The van der Waals surface area contributed by atoms with E-state index >= 15 is 0 Å². The largest absolute Gasteiger partial charge is 0.370 e. The van der Waals surface area contributed by atoms with Gasteiger partial charge in [-0.15, -0.1) is 0 Å². The van der Waals surface area contributed by atoms with Gasteiger partial charge in [-0.2, -0.15) is 0 Å². The number of carbonyl (C=O) groups is 3. The molecule has 0 aliphatic rings. The zero-order valence-corrected chi connectivity index (χ0v) is 16.8. The molecule has 0 unspecified atom stereocenters. The Labute approximate surface area is 178 Å². The van der Waals surface area contributed by atoms with Crippen LogP contribution in [0.15, 0.2) is 82.8 Å². The predicted octanol–water partition coefficient (Wildman–Crippen LogP) is 3.09. The van der Waals surface area contributed by atoms with Crippen molar-refractivity contribution >= 4 is 35.2 Å². The second-order valence-corrected chi connectivity index (χ2v) is 7.36. The molecule has 0 radical (unpaired) electrons. The number of primary amides is 1. The highest BCUT2D eigenvalue weighted by Gasteiger charge is 2.14. The summed E-state index contributed by atoms with van der Waals surface area (Å²) in [6, 6.07) is 19.5. The van der Waals surface area contributed by atoms with Crippen LogP contribution in [0.3, 0.4) is 0 Å². The minimum absolute atomic E-state index is 0.0448. The van der Waals surface area contributed by atoms with Gasteiger partial charge in [0.1, 0.15) is 5.03 Å². The fraction of sp³-hybridized carbons (Fsp3) is 0.0909. The molecule has 0 bridgehead atoms. The van der Waals surface area contributed by atoms with E-state index in [0.717, 1.165) is 9.92 Å². The summed E-state index contributed by atoms with van der Waals surface area (Å²) in [5.74, 6) is -1.22. The third-order valence-electron chi connectivity index (χ3n) is 4.05. The Bertz CT molecular complexity index is 1040. The van der Waals surface area contributed by atoms with Crippen molar-refractivity contribution in [3.05, 3.63) is 84.1 Å². The maximum Gasteiger partial charge on any atom is 0.255 e. The normalized spacial score (nSPS) is 10.3. The highest BCUT2D eigenvalue weighted by Crippen LogP contribution is 2.26. The van der Waals surface area contributed by atoms with Gasteiger partial charge < -0.3 is 16.4 Å². The van der Waals surface area contributed by atoms with E-state index in [1.165, 1.54) is 11.8 Å². The van der Waals surface area contributed by atoms with Gasteiger partial charge in [0, 0.05) is 29.6 Å². The van der Waals surface area contributed by atoms with Gasteiger partial charge in [-0.25, -0.2) is 4.98 Å². The van der Waals surface area contributed by atoms with Gasteiger partial charge >= 0.3 is 0 Å². The van der Waals surface area contributed by atoms with Gasteiger partial charge in [0.2, 0.25) is 5.91 Å². The second kappa shape index (κ2) is 10.2. The van der Waals surface area contributed by atoms with Gasteiger partial charge in [0.25, 0.3) is 11.8 Å². The van der Waals surface area contributed by atoms with Crippen LogP contribution in [0.25, 0.3) is 0 Å². The maximum absolute atomic E-state index is 12.6. The second-order valence-electron chi connectivity index (χ2n) is 6.27. The molecule has 0 saturated heterocycles. The van der Waals surface area contributed by atoms with Crippen LogP contribution in [-0.4, -0.2) is 29.3 Å². The average Bonchev–Trinajstić information content (AvgIpc) is 2.75. The Hall–Kier alpha value is -3.65. The summed E-state index contributed by atoms with van der Waals surface area (Å²) in [5, 5.41) is 6.25. The minimum atomic E-state index is -0.499. The first-order valence-electron chi connectivity index (χ1n) is 9.19. The lowest BCUT2D eigenvalue weighted by atomic mass is 10.1. The topological polar surface area (TPSA) is 114 Å². The smallest absolute Gasteiger partial charge is 0.255 e. The van der Waals surface area contributed by atoms with Crippen molar-refractivity contribution in [1.29, 1.82) is 0 Å². The molecule has 0 atom stereocenters. The summed E-state index contributed by atoms with van der Waals surface area (Å²) in [5.41, 5.74) is 6.23. The van der Waals surface area contributed by atoms with Gasteiger partial charge in [-0.3, -0.25) is 14.4 Å². The van der Waals surface area contributed by atoms with E-state index in [2.05, 4.69) is 15.6 Å². The molecule has 1 aromatic heterocycles. The molecule has 2 aromatic carbocycles. The standard InChI is InChI=1S/C22H20N4O3S/c23-19(27)12-14-25-22(29)17-5-1-2-6-18(17)26-21(28)15-8-10-16(11-9-15)30-20-7-3-4-13-24-20/h1-11,13H,12,14H2,(H2,23,27)(H,25,29)(H,26,28). The number of nitrogens with zero attached hydrogens (tertiary/aromatic N) is 1. The fourth-order valence-corrected chi connectivity index (χ4v) is 3.36. The van der Waals surface area contributed by atoms with Crippen molar-refractivity contribution in [1.82, 2.24) is 10.3 Å². The SMILES string of the molecule is NC(=O)CCNC(=O)c1ccccc1NC(=O)c1ccc(Sc2ccccn2)cc1. The summed E-state index contributed by atoms with van der Waals surface area (Å²) in [7, 11) is 0. The summed E-state index contributed by atoms with van der Waals surface area (Å²) >= 11 is 1.50. The van der Waals surface area contributed by atoms with Crippen molar-refractivity contribution < 1.29 is 14.4 Å². The lowest BCUT2D eigenvalue weighted by Gasteiger charge is -2.11. The first kappa shape index (κ1) is 21.1. The third-order valence-corrected chi connectivity index (χ3v) is 5.01. The predicted molar refractivity (Wildman–Crippen MR) is 115 cm³/mol. The number of amides is 3. The number of aromatic nitrogens is 1. The van der Waals surface area contributed by atoms with Crippen LogP contribution in [0.2, 0.25) is 0 Å². The molecular weight excluding hydrogens is 400 g/mol. The van der Waals surface area contributed by atoms with E-state index in [0.29, 0.717) is 16.8 Å². The Morgan fingerprint density at radius 3 is 2.33 bits per heavy atom. The lowest BCUT2D eigenvalue weighted by molar-refractivity contribution is -0.117. The molecule has 152 valence electrons. The molecule has 4 N–H and O–H groups in total. The number of nitrogens with one attached hydrogen (secondary N) is 2. The molecule has 0 spiro atoms. The summed E-state index contributed by atoms with van der Waals surface area (Å²) in [6.07, 6.45) is 1.77. The molecule has 3 rings (SSSR count). The van der Waals surface area contributed by atoms with E-state index < -0.39 is 11.8 Å². The van der Waals surface area contributed by atoms with E-state index in [1.54, 1.807) is 42.6 Å². The average molecular weight is 420 g/mol. The molecule has 3 aromatic rings. The molecule has 1 heterocycles. The molecule has 0 aliphatic heterocycles. The molecule has 7 nitrogen and oxygen atoms in total. The summed E-state index contributed by atoms with van der Waals surface area (Å²) in [6.45, 7) is 0.131. The number of hydrogen-bond donors (Lipinski definition) is 3. The van der Waals surface area contributed by atoms with E-state index in [1.807, 2.05) is 30.3 Å². The van der Waals surface area contributed by atoms with E-state index in [4.69, 9.17) is 5.73 Å². The van der Waals surface area contributed by atoms with Crippen molar-refractivity contribution in [2.75, 3.05) is 11.9 Å². The van der Waals surface area contributed by atoms with Crippen LogP contribution in [0, 0.1) is 0 Å². The zero-order chi connectivity index (χ0) is 21.3. The monoisotopic (exact) mass is 420 g/mol. The Morgan fingerprint density at radius 2 is 1.63 bits per heavy atom. The van der Waals surface area contributed by atoms with E-state index in [-0.39, 0.29) is 18.9 Å². The number of para-hydroxylation sites is 1. The third kappa shape index (κ3) is 5.92. The van der Waals surface area contributed by atoms with Gasteiger partial charge in [-0.05, 0) is 48.5 Å². The summed E-state index contributed by atoms with van der Waals surface area (Å²) in [4.78, 5) is 41.0. The number of hydrogen-bond acceptors (Lipinski definition) is 5. The number of pyridine rings is 1. The molecule has 30 heavy (non-hydrogen) atoms. The maximum atomic E-state index is 12.6. The Morgan fingerprint density at radius 1 is 0.900 bits per heavy atom. The zero-order valence-electron chi connectivity index (χ0n) is 16.0. The van der Waals surface area contributed by atoms with Gasteiger partial charge in [0.15, 0.2) is 0 Å². The van der Waals surface area contributed by atoms with Crippen LogP contribution in [-0.2, 0) is 4.79 Å². The molecule has 8 heteroatoms. The Kier molecular flexibility index (Phi) is 7.18. The van der Waals surface area contributed by atoms with Crippen LogP contribution in [0.4, 0.5) is 5.69 Å². The number of benzene rings is 2. The first-order valence-corrected chi connectivity index (χ1v) is 10.0. The van der Waals surface area contributed by atoms with Crippen LogP contribution in [0.5, 0.6) is 0 Å². The number of nitrogens with two attached hydrogens (primary N) is 1. The number of rotatable bonds is 8. The first-order chi connectivity index (χ1) is 14.5. The lowest BCUT2D eigenvalue weighted by Crippen LogP contribution is -2.28. The van der Waals surface area contributed by atoms with Gasteiger partial charge in [0.05, 0.1) is 11.3 Å². The molecule has 0 aliphatic carbocycles. The van der Waals surface area contributed by atoms with Crippen LogP contribution in [0.1, 0.15) is 27.1 Å². The number of carbonyl (C=O) groups excluding carboxylic acids is 3. The van der Waals surface area contributed by atoms with Crippen molar-refractivity contribution in [2.45, 2.75) is 16.3 Å². The van der Waals surface area contributed by atoms with Crippen molar-refractivity contribution in [3.63, 3.8) is 0 Å².